The lowest BCUT2D eigenvalue weighted by molar-refractivity contribution is -0.134. The molecule has 6 heteroatoms. The molecule has 0 amide bonds. The minimum absolute atomic E-state index is 0.177. The molecule has 5 nitrogen and oxygen atoms in total. The van der Waals surface area contributed by atoms with Crippen molar-refractivity contribution >= 4 is 23.1 Å². The third kappa shape index (κ3) is 6.79. The average molecular weight is 389 g/mol. The number of nitrogens with one attached hydrogen (secondary N) is 1. The number of halogens is 1. The van der Waals surface area contributed by atoms with E-state index >= 15 is 0 Å². The van der Waals surface area contributed by atoms with E-state index in [0.29, 0.717) is 17.4 Å². The van der Waals surface area contributed by atoms with Crippen LogP contribution in [0.1, 0.15) is 36.8 Å². The van der Waals surface area contributed by atoms with Crippen molar-refractivity contribution in [2.24, 2.45) is 0 Å². The Morgan fingerprint density at radius 1 is 1.30 bits per heavy atom. The zero-order valence-corrected chi connectivity index (χ0v) is 16.5. The molecular weight excluding hydrogens is 364 g/mol. The van der Waals surface area contributed by atoms with E-state index in [0.717, 1.165) is 17.6 Å². The van der Waals surface area contributed by atoms with Gasteiger partial charge in [-0.05, 0) is 49.1 Å². The minimum Gasteiger partial charge on any atom is -0.466 e. The summed E-state index contributed by atoms with van der Waals surface area (Å²) in [5.41, 5.74) is 3.56. The van der Waals surface area contributed by atoms with Gasteiger partial charge in [-0.15, -0.1) is 0 Å². The molecule has 27 heavy (non-hydrogen) atoms. The van der Waals surface area contributed by atoms with E-state index < -0.39 is 6.10 Å². The van der Waals surface area contributed by atoms with Gasteiger partial charge < -0.3 is 15.2 Å². The van der Waals surface area contributed by atoms with Crippen molar-refractivity contribution in [3.63, 3.8) is 0 Å². The van der Waals surface area contributed by atoms with Gasteiger partial charge in [0.25, 0.3) is 0 Å². The van der Waals surface area contributed by atoms with E-state index in [4.69, 9.17) is 11.6 Å². The third-order valence-corrected chi connectivity index (χ3v) is 4.43. The number of carbonyl (C=O) groups is 1. The number of ether oxygens (including phenoxy) is 1. The molecule has 0 aliphatic rings. The van der Waals surface area contributed by atoms with Gasteiger partial charge in [-0.3, -0.25) is 0 Å². The maximum absolute atomic E-state index is 11.3. The number of allylic oxidation sites excluding steroid dienone is 1. The zero-order chi connectivity index (χ0) is 19.8. The fourth-order valence-corrected chi connectivity index (χ4v) is 2.85. The first-order chi connectivity index (χ1) is 12.9. The van der Waals surface area contributed by atoms with Crippen LogP contribution in [-0.4, -0.2) is 35.8 Å². The molecule has 2 unspecified atom stereocenters. The fraction of sp³-hybridized carbons (Fsp3) is 0.333. The molecule has 0 aliphatic heterocycles. The van der Waals surface area contributed by atoms with Gasteiger partial charge in [-0.1, -0.05) is 41.9 Å². The number of hydrogen-bond acceptors (Lipinski definition) is 5. The molecule has 2 aromatic rings. The number of aliphatic hydroxyl groups excluding tert-OH is 1. The van der Waals surface area contributed by atoms with Crippen molar-refractivity contribution in [3.05, 3.63) is 70.5 Å². The van der Waals surface area contributed by atoms with Crippen molar-refractivity contribution < 1.29 is 14.6 Å². The predicted octanol–water partition coefficient (Wildman–Crippen LogP) is 3.57. The maximum atomic E-state index is 11.3. The Bertz CT molecular complexity index is 790. The molecule has 0 spiro atoms. The fourth-order valence-electron chi connectivity index (χ4n) is 2.68. The standard InChI is InChI=1S/C21H25ClN2O3/c1-14(11-21(26)27-3)17-9-7-16(8-10-17)12-15(2)23-13-19(25)18-5-4-6-20(22)24-18/h4-11,15,19,23,25H,12-13H2,1-3H3. The molecule has 2 atom stereocenters. The van der Waals surface area contributed by atoms with Crippen molar-refractivity contribution in [2.75, 3.05) is 13.7 Å². The third-order valence-electron chi connectivity index (χ3n) is 4.22. The summed E-state index contributed by atoms with van der Waals surface area (Å²) in [6, 6.07) is 13.4. The first kappa shape index (κ1) is 21.1. The summed E-state index contributed by atoms with van der Waals surface area (Å²) in [6.07, 6.45) is 1.58. The molecule has 2 rings (SSSR count). The quantitative estimate of drug-likeness (QED) is 0.411. The number of benzene rings is 1. The Balaban J connectivity index is 1.87. The highest BCUT2D eigenvalue weighted by Gasteiger charge is 2.11. The van der Waals surface area contributed by atoms with Crippen LogP contribution in [0.15, 0.2) is 48.5 Å². The van der Waals surface area contributed by atoms with Gasteiger partial charge in [-0.2, -0.15) is 0 Å². The number of methoxy groups -OCH3 is 1. The monoisotopic (exact) mass is 388 g/mol. The topological polar surface area (TPSA) is 71.5 Å². The lowest BCUT2D eigenvalue weighted by Gasteiger charge is -2.17. The summed E-state index contributed by atoms with van der Waals surface area (Å²) in [5, 5.41) is 13.9. The SMILES string of the molecule is COC(=O)C=C(C)c1ccc(CC(C)NCC(O)c2cccc(Cl)n2)cc1. The predicted molar refractivity (Wildman–Crippen MR) is 107 cm³/mol. The van der Waals surface area contributed by atoms with Gasteiger partial charge in [0.15, 0.2) is 0 Å². The maximum Gasteiger partial charge on any atom is 0.330 e. The number of rotatable bonds is 8. The van der Waals surface area contributed by atoms with E-state index in [1.807, 2.05) is 31.2 Å². The molecule has 0 radical (unpaired) electrons. The van der Waals surface area contributed by atoms with Crippen LogP contribution in [0.25, 0.3) is 5.57 Å². The summed E-state index contributed by atoms with van der Waals surface area (Å²) in [4.78, 5) is 15.4. The van der Waals surface area contributed by atoms with E-state index in [1.165, 1.54) is 18.7 Å². The molecule has 0 saturated heterocycles. The molecule has 0 aliphatic carbocycles. The summed E-state index contributed by atoms with van der Waals surface area (Å²) < 4.78 is 4.65. The molecular formula is C21H25ClN2O3. The Labute approximate surface area is 165 Å². The van der Waals surface area contributed by atoms with Gasteiger partial charge >= 0.3 is 5.97 Å². The summed E-state index contributed by atoms with van der Waals surface area (Å²) in [5.74, 6) is -0.359. The molecule has 0 bridgehead atoms. The summed E-state index contributed by atoms with van der Waals surface area (Å²) in [6.45, 7) is 4.34. The van der Waals surface area contributed by atoms with Crippen LogP contribution in [0.2, 0.25) is 5.15 Å². The van der Waals surface area contributed by atoms with Crippen molar-refractivity contribution in [2.45, 2.75) is 32.4 Å². The molecule has 1 aromatic carbocycles. The Hall–Kier alpha value is -2.21. The second-order valence-electron chi connectivity index (χ2n) is 6.46. The Morgan fingerprint density at radius 3 is 2.63 bits per heavy atom. The van der Waals surface area contributed by atoms with Gasteiger partial charge in [0.1, 0.15) is 11.3 Å². The first-order valence-corrected chi connectivity index (χ1v) is 9.16. The summed E-state index contributed by atoms with van der Waals surface area (Å²) in [7, 11) is 1.36. The lowest BCUT2D eigenvalue weighted by Crippen LogP contribution is -2.32. The molecule has 2 N–H and O–H groups in total. The highest BCUT2D eigenvalue weighted by atomic mass is 35.5. The van der Waals surface area contributed by atoms with Crippen LogP contribution in [0.3, 0.4) is 0 Å². The number of nitrogens with zero attached hydrogens (tertiary/aromatic N) is 1. The van der Waals surface area contributed by atoms with Crippen LogP contribution in [0, 0.1) is 0 Å². The normalized spacial score (nSPS) is 13.9. The van der Waals surface area contributed by atoms with Gasteiger partial charge in [-0.25, -0.2) is 9.78 Å². The van der Waals surface area contributed by atoms with Crippen LogP contribution >= 0.6 is 11.6 Å². The molecule has 0 fully saturated rings. The van der Waals surface area contributed by atoms with E-state index in [-0.39, 0.29) is 12.0 Å². The van der Waals surface area contributed by atoms with Gasteiger partial charge in [0.2, 0.25) is 0 Å². The molecule has 0 saturated carbocycles. The van der Waals surface area contributed by atoms with Crippen LogP contribution in [0.5, 0.6) is 0 Å². The van der Waals surface area contributed by atoms with Crippen LogP contribution in [-0.2, 0) is 16.0 Å². The first-order valence-electron chi connectivity index (χ1n) is 8.78. The van der Waals surface area contributed by atoms with Crippen molar-refractivity contribution in [3.8, 4) is 0 Å². The van der Waals surface area contributed by atoms with Crippen LogP contribution < -0.4 is 5.32 Å². The number of aliphatic hydroxyl groups is 1. The highest BCUT2D eigenvalue weighted by molar-refractivity contribution is 6.29. The average Bonchev–Trinajstić information content (AvgIpc) is 2.66. The van der Waals surface area contributed by atoms with E-state index in [9.17, 15) is 9.90 Å². The van der Waals surface area contributed by atoms with Crippen molar-refractivity contribution in [1.29, 1.82) is 0 Å². The second-order valence-corrected chi connectivity index (χ2v) is 6.85. The van der Waals surface area contributed by atoms with Crippen LogP contribution in [0.4, 0.5) is 0 Å². The van der Waals surface area contributed by atoms with Crippen molar-refractivity contribution in [1.82, 2.24) is 10.3 Å². The van der Waals surface area contributed by atoms with Gasteiger partial charge in [0, 0.05) is 18.7 Å². The minimum atomic E-state index is -0.709. The number of hydrogen-bond donors (Lipinski definition) is 2. The van der Waals surface area contributed by atoms with E-state index in [1.54, 1.807) is 18.2 Å². The largest absolute Gasteiger partial charge is 0.466 e. The lowest BCUT2D eigenvalue weighted by atomic mass is 10.0. The Morgan fingerprint density at radius 2 is 2.00 bits per heavy atom. The number of carbonyl (C=O) groups excluding carboxylic acids is 1. The number of pyridine rings is 1. The summed E-state index contributed by atoms with van der Waals surface area (Å²) >= 11 is 5.86. The smallest absolute Gasteiger partial charge is 0.330 e. The highest BCUT2D eigenvalue weighted by Crippen LogP contribution is 2.16. The number of aromatic nitrogens is 1. The van der Waals surface area contributed by atoms with E-state index in [2.05, 4.69) is 22.0 Å². The molecule has 1 heterocycles. The number of esters is 1. The molecule has 1 aromatic heterocycles. The van der Waals surface area contributed by atoms with Gasteiger partial charge in [0.05, 0.1) is 12.8 Å². The second kappa shape index (κ2) is 10.2. The molecule has 144 valence electrons. The zero-order valence-electron chi connectivity index (χ0n) is 15.8. The Kier molecular flexibility index (Phi) is 7.98.